The lowest BCUT2D eigenvalue weighted by atomic mass is 9.73. The number of nitro benzene ring substituents is 1. The molecule has 3 N–H and O–H groups in total. The number of carbonyl (C=O) groups excluding carboxylic acids is 1. The quantitative estimate of drug-likeness (QED) is 0.572. The van der Waals surface area contributed by atoms with Gasteiger partial charge >= 0.3 is 0 Å². The summed E-state index contributed by atoms with van der Waals surface area (Å²) in [7, 11) is 0. The molecule has 0 saturated heterocycles. The maximum Gasteiger partial charge on any atom is 0.270 e. The third kappa shape index (κ3) is 3.66. The van der Waals surface area contributed by atoms with E-state index in [1.165, 1.54) is 12.1 Å². The Morgan fingerprint density at radius 2 is 2.28 bits per heavy atom. The zero-order valence-electron chi connectivity index (χ0n) is 14.2. The molecule has 1 saturated carbocycles. The number of hydrogen-bond acceptors (Lipinski definition) is 4. The zero-order valence-corrected chi connectivity index (χ0v) is 14.2. The van der Waals surface area contributed by atoms with Crippen LogP contribution in [0.25, 0.3) is 10.9 Å². The summed E-state index contributed by atoms with van der Waals surface area (Å²) in [6.07, 6.45) is 5.23. The highest BCUT2D eigenvalue weighted by Gasteiger charge is 2.35. The van der Waals surface area contributed by atoms with Crippen molar-refractivity contribution in [2.75, 3.05) is 6.54 Å². The van der Waals surface area contributed by atoms with Crippen LogP contribution in [0.1, 0.15) is 38.2 Å². The summed E-state index contributed by atoms with van der Waals surface area (Å²) in [5.74, 6) is -0.147. The van der Waals surface area contributed by atoms with E-state index in [0.29, 0.717) is 11.9 Å². The standard InChI is InChI=1S/C18H23N3O4/c1-18(7-3-2-4-16(18)22)11-20-17(23)8-12-10-19-15-6-5-13(21(24)25)9-14(12)15/h5-6,9-10,16,19,22H,2-4,7-8,11H2,1H3,(H,20,23). The number of H-pyrrole nitrogens is 1. The molecule has 3 rings (SSSR count). The van der Waals surface area contributed by atoms with Gasteiger partial charge in [0.15, 0.2) is 0 Å². The van der Waals surface area contributed by atoms with Crippen LogP contribution >= 0.6 is 0 Å². The van der Waals surface area contributed by atoms with Crippen molar-refractivity contribution in [3.63, 3.8) is 0 Å². The van der Waals surface area contributed by atoms with Crippen LogP contribution in [0.3, 0.4) is 0 Å². The number of aromatic nitrogens is 1. The third-order valence-electron chi connectivity index (χ3n) is 5.28. The normalized spacial score (nSPS) is 23.5. The van der Waals surface area contributed by atoms with Crippen LogP contribution in [0.5, 0.6) is 0 Å². The van der Waals surface area contributed by atoms with E-state index in [0.717, 1.165) is 36.8 Å². The second-order valence-corrected chi connectivity index (χ2v) is 7.17. The van der Waals surface area contributed by atoms with Crippen molar-refractivity contribution >= 4 is 22.5 Å². The van der Waals surface area contributed by atoms with Crippen molar-refractivity contribution in [3.8, 4) is 0 Å². The van der Waals surface area contributed by atoms with E-state index in [1.807, 2.05) is 6.92 Å². The second kappa shape index (κ2) is 6.84. The lowest BCUT2D eigenvalue weighted by molar-refractivity contribution is -0.384. The summed E-state index contributed by atoms with van der Waals surface area (Å²) < 4.78 is 0. The lowest BCUT2D eigenvalue weighted by Gasteiger charge is -2.38. The number of nitrogens with one attached hydrogen (secondary N) is 2. The molecular weight excluding hydrogens is 322 g/mol. The fraction of sp³-hybridized carbons (Fsp3) is 0.500. The summed E-state index contributed by atoms with van der Waals surface area (Å²) in [5.41, 5.74) is 1.22. The number of nitro groups is 1. The predicted molar refractivity (Wildman–Crippen MR) is 94.2 cm³/mol. The number of non-ortho nitro benzene ring substituents is 1. The summed E-state index contributed by atoms with van der Waals surface area (Å²) in [6.45, 7) is 2.45. The number of carbonyl (C=O) groups is 1. The molecule has 1 fully saturated rings. The SMILES string of the molecule is CC1(CNC(=O)Cc2c[nH]c3ccc([N+](=O)[O-])cc23)CCCCC1O. The van der Waals surface area contributed by atoms with Crippen LogP contribution < -0.4 is 5.32 Å². The van der Waals surface area contributed by atoms with Crippen molar-refractivity contribution in [1.82, 2.24) is 10.3 Å². The van der Waals surface area contributed by atoms with E-state index in [1.54, 1.807) is 12.3 Å². The molecular formula is C18H23N3O4. The number of amides is 1. The van der Waals surface area contributed by atoms with Gasteiger partial charge in [-0.15, -0.1) is 0 Å². The molecule has 1 aliphatic rings. The number of benzene rings is 1. The minimum absolute atomic E-state index is 0.00611. The van der Waals surface area contributed by atoms with Crippen molar-refractivity contribution in [3.05, 3.63) is 40.1 Å². The van der Waals surface area contributed by atoms with E-state index in [4.69, 9.17) is 0 Å². The number of aromatic amines is 1. The summed E-state index contributed by atoms with van der Waals surface area (Å²) in [6, 6.07) is 4.57. The lowest BCUT2D eigenvalue weighted by Crippen LogP contribution is -2.45. The van der Waals surface area contributed by atoms with Gasteiger partial charge in [-0.3, -0.25) is 14.9 Å². The van der Waals surface area contributed by atoms with Gasteiger partial charge in [-0.05, 0) is 24.5 Å². The maximum atomic E-state index is 12.3. The molecule has 2 atom stereocenters. The Balaban J connectivity index is 1.67. The number of hydrogen-bond donors (Lipinski definition) is 3. The van der Waals surface area contributed by atoms with E-state index in [-0.39, 0.29) is 23.4 Å². The van der Waals surface area contributed by atoms with Gasteiger partial charge in [0, 0.05) is 41.2 Å². The Kier molecular flexibility index (Phi) is 4.76. The molecule has 1 heterocycles. The molecule has 1 aromatic carbocycles. The first-order chi connectivity index (χ1) is 11.9. The number of fused-ring (bicyclic) bond motifs is 1. The summed E-state index contributed by atoms with van der Waals surface area (Å²) in [5, 5.41) is 24.7. The van der Waals surface area contributed by atoms with Crippen molar-refractivity contribution < 1.29 is 14.8 Å². The molecule has 7 nitrogen and oxygen atoms in total. The highest BCUT2D eigenvalue weighted by molar-refractivity contribution is 5.90. The highest BCUT2D eigenvalue weighted by atomic mass is 16.6. The van der Waals surface area contributed by atoms with E-state index in [2.05, 4.69) is 10.3 Å². The van der Waals surface area contributed by atoms with Crippen LogP contribution in [-0.2, 0) is 11.2 Å². The Hall–Kier alpha value is -2.41. The average molecular weight is 345 g/mol. The van der Waals surface area contributed by atoms with Gasteiger partial charge in [-0.2, -0.15) is 0 Å². The molecule has 25 heavy (non-hydrogen) atoms. The van der Waals surface area contributed by atoms with Gasteiger partial charge in [0.25, 0.3) is 5.69 Å². The zero-order chi connectivity index (χ0) is 18.0. The monoisotopic (exact) mass is 345 g/mol. The molecule has 7 heteroatoms. The molecule has 0 radical (unpaired) electrons. The minimum atomic E-state index is -0.443. The molecule has 134 valence electrons. The molecule has 2 unspecified atom stereocenters. The largest absolute Gasteiger partial charge is 0.392 e. The van der Waals surface area contributed by atoms with E-state index in [9.17, 15) is 20.0 Å². The van der Waals surface area contributed by atoms with Crippen LogP contribution in [0.2, 0.25) is 0 Å². The van der Waals surface area contributed by atoms with Gasteiger partial charge in [-0.25, -0.2) is 0 Å². The van der Waals surface area contributed by atoms with Crippen LogP contribution in [0.4, 0.5) is 5.69 Å². The maximum absolute atomic E-state index is 12.3. The van der Waals surface area contributed by atoms with Gasteiger partial charge in [0.05, 0.1) is 17.4 Å². The second-order valence-electron chi connectivity index (χ2n) is 7.17. The fourth-order valence-electron chi connectivity index (χ4n) is 3.55. The highest BCUT2D eigenvalue weighted by Crippen LogP contribution is 2.35. The Morgan fingerprint density at radius 3 is 3.00 bits per heavy atom. The number of rotatable bonds is 5. The third-order valence-corrected chi connectivity index (χ3v) is 5.28. The molecule has 0 bridgehead atoms. The molecule has 1 amide bonds. The number of nitrogens with zero attached hydrogens (tertiary/aromatic N) is 1. The molecule has 2 aromatic rings. The summed E-state index contributed by atoms with van der Waals surface area (Å²) >= 11 is 0. The average Bonchev–Trinajstić information content (AvgIpc) is 2.98. The summed E-state index contributed by atoms with van der Waals surface area (Å²) in [4.78, 5) is 25.9. The van der Waals surface area contributed by atoms with E-state index >= 15 is 0 Å². The van der Waals surface area contributed by atoms with Crippen molar-refractivity contribution in [1.29, 1.82) is 0 Å². The smallest absolute Gasteiger partial charge is 0.270 e. The number of aliphatic hydroxyl groups excluding tert-OH is 1. The molecule has 0 aliphatic heterocycles. The minimum Gasteiger partial charge on any atom is -0.392 e. The van der Waals surface area contributed by atoms with Crippen LogP contribution in [0, 0.1) is 15.5 Å². The van der Waals surface area contributed by atoms with E-state index < -0.39 is 11.0 Å². The van der Waals surface area contributed by atoms with Gasteiger partial charge in [0.2, 0.25) is 5.91 Å². The predicted octanol–water partition coefficient (Wildman–Crippen LogP) is 2.68. The Morgan fingerprint density at radius 1 is 1.48 bits per heavy atom. The first-order valence-corrected chi connectivity index (χ1v) is 8.58. The Bertz CT molecular complexity index is 801. The molecule has 1 aliphatic carbocycles. The first-order valence-electron chi connectivity index (χ1n) is 8.58. The first kappa shape index (κ1) is 17.4. The Labute approximate surface area is 145 Å². The topological polar surface area (TPSA) is 108 Å². The van der Waals surface area contributed by atoms with Gasteiger partial charge < -0.3 is 15.4 Å². The van der Waals surface area contributed by atoms with Crippen LogP contribution in [-0.4, -0.2) is 33.6 Å². The van der Waals surface area contributed by atoms with Crippen molar-refractivity contribution in [2.24, 2.45) is 5.41 Å². The van der Waals surface area contributed by atoms with Gasteiger partial charge in [0.1, 0.15) is 0 Å². The molecule has 1 aromatic heterocycles. The van der Waals surface area contributed by atoms with Crippen LogP contribution in [0.15, 0.2) is 24.4 Å². The number of aliphatic hydroxyl groups is 1. The fourth-order valence-corrected chi connectivity index (χ4v) is 3.55. The van der Waals surface area contributed by atoms with Crippen molar-refractivity contribution in [2.45, 2.75) is 45.1 Å². The van der Waals surface area contributed by atoms with Gasteiger partial charge in [-0.1, -0.05) is 19.8 Å². The molecule has 0 spiro atoms.